The third kappa shape index (κ3) is 2.80. The molecule has 0 saturated carbocycles. The van der Waals surface area contributed by atoms with Gasteiger partial charge in [-0.25, -0.2) is 0 Å². The maximum absolute atomic E-state index is 12.3. The zero-order valence-corrected chi connectivity index (χ0v) is 10.4. The number of ether oxygens (including phenoxy) is 1. The number of likely N-dealkylation sites (tertiary alicyclic amines) is 1. The highest BCUT2D eigenvalue weighted by Crippen LogP contribution is 2.24. The maximum atomic E-state index is 12.3. The Morgan fingerprint density at radius 3 is 3.06 bits per heavy atom. The van der Waals surface area contributed by atoms with Gasteiger partial charge in [0.15, 0.2) is 0 Å². The van der Waals surface area contributed by atoms with E-state index in [2.05, 4.69) is 0 Å². The van der Waals surface area contributed by atoms with Crippen LogP contribution in [0.5, 0.6) is 0 Å². The predicted octanol–water partition coefficient (Wildman–Crippen LogP) is 1.30. The summed E-state index contributed by atoms with van der Waals surface area (Å²) in [6.45, 7) is 4.28. The van der Waals surface area contributed by atoms with E-state index in [1.807, 2.05) is 11.8 Å². The molecule has 1 atom stereocenters. The lowest BCUT2D eigenvalue weighted by atomic mass is 9.97. The highest BCUT2D eigenvalue weighted by atomic mass is 16.5. The molecule has 17 heavy (non-hydrogen) atoms. The van der Waals surface area contributed by atoms with Crippen LogP contribution in [0.15, 0.2) is 11.3 Å². The zero-order valence-electron chi connectivity index (χ0n) is 10.4. The molecule has 2 rings (SSSR count). The molecule has 4 heteroatoms. The van der Waals surface area contributed by atoms with Crippen LogP contribution in [0, 0.1) is 5.92 Å². The summed E-state index contributed by atoms with van der Waals surface area (Å²) in [7, 11) is 0. The minimum absolute atomic E-state index is 0.111. The minimum atomic E-state index is 0.111. The van der Waals surface area contributed by atoms with E-state index in [4.69, 9.17) is 4.74 Å². The fourth-order valence-corrected chi connectivity index (χ4v) is 2.58. The van der Waals surface area contributed by atoms with Crippen LogP contribution < -0.4 is 0 Å². The van der Waals surface area contributed by atoms with Crippen LogP contribution >= 0.6 is 0 Å². The lowest BCUT2D eigenvalue weighted by Gasteiger charge is -2.33. The molecule has 2 heterocycles. The van der Waals surface area contributed by atoms with Crippen LogP contribution in [0.25, 0.3) is 0 Å². The first-order chi connectivity index (χ1) is 8.22. The first kappa shape index (κ1) is 12.4. The first-order valence-electron chi connectivity index (χ1n) is 6.45. The molecular weight excluding hydrogens is 218 g/mol. The van der Waals surface area contributed by atoms with E-state index in [1.165, 1.54) is 0 Å². The Morgan fingerprint density at radius 1 is 1.53 bits per heavy atom. The molecule has 0 radical (unpaired) electrons. The Balaban J connectivity index is 2.04. The lowest BCUT2D eigenvalue weighted by molar-refractivity contribution is -0.129. The van der Waals surface area contributed by atoms with Gasteiger partial charge in [0.05, 0.1) is 12.2 Å². The molecule has 0 aromatic carbocycles. The molecule has 1 fully saturated rings. The van der Waals surface area contributed by atoms with Crippen LogP contribution in [-0.2, 0) is 9.53 Å². The van der Waals surface area contributed by atoms with Gasteiger partial charge in [-0.05, 0) is 38.5 Å². The monoisotopic (exact) mass is 239 g/mol. The van der Waals surface area contributed by atoms with E-state index in [0.717, 1.165) is 50.2 Å². The lowest BCUT2D eigenvalue weighted by Crippen LogP contribution is -2.42. The molecule has 0 aromatic rings. The zero-order chi connectivity index (χ0) is 12.3. The summed E-state index contributed by atoms with van der Waals surface area (Å²) in [6.07, 6.45) is 3.76. The molecule has 4 nitrogen and oxygen atoms in total. The Labute approximate surface area is 102 Å². The van der Waals surface area contributed by atoms with Crippen LogP contribution in [0.4, 0.5) is 0 Å². The molecule has 0 aromatic heterocycles. The van der Waals surface area contributed by atoms with Gasteiger partial charge < -0.3 is 14.7 Å². The molecule has 1 N–H and O–H groups in total. The van der Waals surface area contributed by atoms with E-state index in [0.29, 0.717) is 6.54 Å². The second kappa shape index (κ2) is 5.54. The standard InChI is InChI=1S/C13H21NO3/c1-10-12(5-3-7-17-10)13(16)14-6-2-4-11(8-14)9-15/h11,15H,2-9H2,1H3. The van der Waals surface area contributed by atoms with E-state index < -0.39 is 0 Å². The molecule has 1 saturated heterocycles. The summed E-state index contributed by atoms with van der Waals surface area (Å²) in [4.78, 5) is 14.2. The molecule has 96 valence electrons. The molecule has 0 bridgehead atoms. The Morgan fingerprint density at radius 2 is 2.35 bits per heavy atom. The third-order valence-corrected chi connectivity index (χ3v) is 3.64. The second-order valence-corrected chi connectivity index (χ2v) is 4.93. The topological polar surface area (TPSA) is 49.8 Å². The fraction of sp³-hybridized carbons (Fsp3) is 0.769. The van der Waals surface area contributed by atoms with Crippen LogP contribution in [0.2, 0.25) is 0 Å². The maximum Gasteiger partial charge on any atom is 0.253 e. The summed E-state index contributed by atoms with van der Waals surface area (Å²) in [5.74, 6) is 1.14. The smallest absolute Gasteiger partial charge is 0.253 e. The number of carbonyl (C=O) groups excluding carboxylic acids is 1. The Kier molecular flexibility index (Phi) is 4.05. The fourth-order valence-electron chi connectivity index (χ4n) is 2.58. The SMILES string of the molecule is CC1=C(C(=O)N2CCCC(CO)C2)CCCO1. The number of aliphatic hydroxyl groups is 1. The van der Waals surface area contributed by atoms with Crippen molar-refractivity contribution in [3.8, 4) is 0 Å². The largest absolute Gasteiger partial charge is 0.498 e. The summed E-state index contributed by atoms with van der Waals surface area (Å²) in [5, 5.41) is 9.18. The Hall–Kier alpha value is -1.03. The van der Waals surface area contributed by atoms with E-state index in [9.17, 15) is 9.90 Å². The number of piperidine rings is 1. The second-order valence-electron chi connectivity index (χ2n) is 4.93. The van der Waals surface area contributed by atoms with Gasteiger partial charge in [-0.2, -0.15) is 0 Å². The van der Waals surface area contributed by atoms with E-state index >= 15 is 0 Å². The van der Waals surface area contributed by atoms with Crippen molar-refractivity contribution in [3.05, 3.63) is 11.3 Å². The average molecular weight is 239 g/mol. The van der Waals surface area contributed by atoms with Gasteiger partial charge in [-0.15, -0.1) is 0 Å². The summed E-state index contributed by atoms with van der Waals surface area (Å²) in [5.41, 5.74) is 0.829. The number of amides is 1. The van der Waals surface area contributed by atoms with Gasteiger partial charge in [-0.1, -0.05) is 0 Å². The van der Waals surface area contributed by atoms with Crippen molar-refractivity contribution in [2.75, 3.05) is 26.3 Å². The molecule has 0 spiro atoms. The van der Waals surface area contributed by atoms with Crippen molar-refractivity contribution in [2.45, 2.75) is 32.6 Å². The quantitative estimate of drug-likeness (QED) is 0.790. The highest BCUT2D eigenvalue weighted by Gasteiger charge is 2.27. The van der Waals surface area contributed by atoms with E-state index in [1.54, 1.807) is 0 Å². The first-order valence-corrected chi connectivity index (χ1v) is 6.45. The minimum Gasteiger partial charge on any atom is -0.498 e. The van der Waals surface area contributed by atoms with Gasteiger partial charge in [0.1, 0.15) is 5.76 Å². The van der Waals surface area contributed by atoms with Crippen molar-refractivity contribution in [3.63, 3.8) is 0 Å². The number of rotatable bonds is 2. The summed E-state index contributed by atoms with van der Waals surface area (Å²) >= 11 is 0. The average Bonchev–Trinajstić information content (AvgIpc) is 2.38. The van der Waals surface area contributed by atoms with Crippen LogP contribution in [0.3, 0.4) is 0 Å². The highest BCUT2D eigenvalue weighted by molar-refractivity contribution is 5.94. The van der Waals surface area contributed by atoms with Crippen LogP contribution in [0.1, 0.15) is 32.6 Å². The number of nitrogens with zero attached hydrogens (tertiary/aromatic N) is 1. The molecule has 1 unspecified atom stereocenters. The van der Waals surface area contributed by atoms with Crippen molar-refractivity contribution in [1.82, 2.24) is 4.90 Å². The number of hydrogen-bond donors (Lipinski definition) is 1. The molecule has 2 aliphatic rings. The predicted molar refractivity (Wildman–Crippen MR) is 64.3 cm³/mol. The van der Waals surface area contributed by atoms with Gasteiger partial charge >= 0.3 is 0 Å². The third-order valence-electron chi connectivity index (χ3n) is 3.64. The number of allylic oxidation sites excluding steroid dienone is 1. The van der Waals surface area contributed by atoms with Gasteiger partial charge in [0.2, 0.25) is 0 Å². The van der Waals surface area contributed by atoms with Crippen molar-refractivity contribution < 1.29 is 14.6 Å². The van der Waals surface area contributed by atoms with Gasteiger partial charge in [0, 0.05) is 19.7 Å². The molecule has 1 amide bonds. The summed E-state index contributed by atoms with van der Waals surface area (Å²) < 4.78 is 5.44. The van der Waals surface area contributed by atoms with Crippen molar-refractivity contribution in [2.24, 2.45) is 5.92 Å². The van der Waals surface area contributed by atoms with Gasteiger partial charge in [-0.3, -0.25) is 4.79 Å². The van der Waals surface area contributed by atoms with Gasteiger partial charge in [0.25, 0.3) is 5.91 Å². The summed E-state index contributed by atoms with van der Waals surface area (Å²) in [6, 6.07) is 0. The molecular formula is C13H21NO3. The van der Waals surface area contributed by atoms with Crippen molar-refractivity contribution in [1.29, 1.82) is 0 Å². The normalized spacial score (nSPS) is 25.8. The number of aliphatic hydroxyl groups excluding tert-OH is 1. The van der Waals surface area contributed by atoms with E-state index in [-0.39, 0.29) is 18.4 Å². The Bertz CT molecular complexity index is 325. The number of carbonyl (C=O) groups is 1. The molecule has 2 aliphatic heterocycles. The number of hydrogen-bond acceptors (Lipinski definition) is 3. The molecule has 0 aliphatic carbocycles. The van der Waals surface area contributed by atoms with Crippen LogP contribution in [-0.4, -0.2) is 42.2 Å². The van der Waals surface area contributed by atoms with Crippen molar-refractivity contribution >= 4 is 5.91 Å².